The monoisotopic (exact) mass is 380 g/mol. The number of nitrogens with zero attached hydrogens (tertiary/aromatic N) is 2. The van der Waals surface area contributed by atoms with Crippen LogP contribution in [0.1, 0.15) is 0 Å². The van der Waals surface area contributed by atoms with Crippen molar-refractivity contribution in [3.8, 4) is 40.1 Å². The molecular formula is C20H16N2O6. The Hall–Kier alpha value is -3.81. The van der Waals surface area contributed by atoms with Gasteiger partial charge >= 0.3 is 5.63 Å². The number of benzene rings is 2. The molecule has 8 heteroatoms. The molecule has 0 aliphatic carbocycles. The Balaban J connectivity index is 1.77. The van der Waals surface area contributed by atoms with Crippen LogP contribution >= 0.6 is 0 Å². The van der Waals surface area contributed by atoms with Gasteiger partial charge in [-0.05, 0) is 42.5 Å². The molecule has 142 valence electrons. The van der Waals surface area contributed by atoms with E-state index in [2.05, 4.69) is 10.1 Å². The molecule has 0 radical (unpaired) electrons. The van der Waals surface area contributed by atoms with Crippen LogP contribution in [0.2, 0.25) is 0 Å². The van der Waals surface area contributed by atoms with Gasteiger partial charge in [-0.3, -0.25) is 0 Å². The van der Waals surface area contributed by atoms with Crippen LogP contribution in [0.5, 0.6) is 17.2 Å². The molecular weight excluding hydrogens is 364 g/mol. The Morgan fingerprint density at radius 1 is 0.893 bits per heavy atom. The fourth-order valence-electron chi connectivity index (χ4n) is 2.80. The van der Waals surface area contributed by atoms with Gasteiger partial charge in [0.05, 0.1) is 21.3 Å². The van der Waals surface area contributed by atoms with Gasteiger partial charge in [-0.25, -0.2) is 4.79 Å². The topological polar surface area (TPSA) is 96.8 Å². The van der Waals surface area contributed by atoms with E-state index in [1.165, 1.54) is 7.11 Å². The highest BCUT2D eigenvalue weighted by Crippen LogP contribution is 2.32. The van der Waals surface area contributed by atoms with Crippen LogP contribution < -0.4 is 19.8 Å². The van der Waals surface area contributed by atoms with Crippen molar-refractivity contribution >= 4 is 11.0 Å². The minimum atomic E-state index is -0.569. The minimum Gasteiger partial charge on any atom is -0.497 e. The number of hydrogen-bond donors (Lipinski definition) is 0. The molecule has 4 rings (SSSR count). The quantitative estimate of drug-likeness (QED) is 0.485. The summed E-state index contributed by atoms with van der Waals surface area (Å²) in [5, 5.41) is 4.64. The van der Waals surface area contributed by atoms with Gasteiger partial charge in [0.2, 0.25) is 5.82 Å². The van der Waals surface area contributed by atoms with Crippen LogP contribution in [0.3, 0.4) is 0 Å². The molecule has 0 saturated carbocycles. The normalized spacial score (nSPS) is 10.8. The standard InChI is InChI=1S/C20H16N2O6/c1-24-13-5-7-15-12(8-13)9-14(20(23)27-15)19-21-18(22-28-19)11-4-6-16(25-2)17(10-11)26-3/h4-10H,1-3H3. The Morgan fingerprint density at radius 3 is 2.46 bits per heavy atom. The first-order valence-corrected chi connectivity index (χ1v) is 8.31. The van der Waals surface area contributed by atoms with Crippen molar-refractivity contribution < 1.29 is 23.2 Å². The molecule has 0 amide bonds. The van der Waals surface area contributed by atoms with Gasteiger partial charge in [0.25, 0.3) is 5.89 Å². The van der Waals surface area contributed by atoms with Crippen LogP contribution in [-0.2, 0) is 0 Å². The summed E-state index contributed by atoms with van der Waals surface area (Å²) in [6.45, 7) is 0. The number of fused-ring (bicyclic) bond motifs is 1. The SMILES string of the molecule is COc1ccc2oc(=O)c(-c3nc(-c4ccc(OC)c(OC)c4)no3)cc2c1. The third-order valence-electron chi connectivity index (χ3n) is 4.24. The zero-order chi connectivity index (χ0) is 19.7. The Labute approximate surface area is 159 Å². The van der Waals surface area contributed by atoms with Crippen LogP contribution in [0.4, 0.5) is 0 Å². The first-order chi connectivity index (χ1) is 13.6. The Kier molecular flexibility index (Phi) is 4.44. The van der Waals surface area contributed by atoms with Gasteiger partial charge < -0.3 is 23.2 Å². The van der Waals surface area contributed by atoms with Gasteiger partial charge in [-0.1, -0.05) is 5.16 Å². The van der Waals surface area contributed by atoms with Crippen LogP contribution in [0.15, 0.2) is 56.2 Å². The molecule has 2 heterocycles. The van der Waals surface area contributed by atoms with Crippen molar-refractivity contribution in [3.63, 3.8) is 0 Å². The molecule has 0 N–H and O–H groups in total. The predicted octanol–water partition coefficient (Wildman–Crippen LogP) is 3.54. The van der Waals surface area contributed by atoms with E-state index in [9.17, 15) is 4.79 Å². The van der Waals surface area contributed by atoms with Crippen molar-refractivity contribution in [1.29, 1.82) is 0 Å². The number of aromatic nitrogens is 2. The van der Waals surface area contributed by atoms with E-state index in [1.807, 2.05) is 0 Å². The smallest absolute Gasteiger partial charge is 0.349 e. The van der Waals surface area contributed by atoms with Crippen LogP contribution in [-0.4, -0.2) is 31.5 Å². The molecule has 0 unspecified atom stereocenters. The van der Waals surface area contributed by atoms with E-state index in [0.717, 1.165) is 0 Å². The molecule has 28 heavy (non-hydrogen) atoms. The Bertz CT molecular complexity index is 1210. The zero-order valence-corrected chi connectivity index (χ0v) is 15.4. The lowest BCUT2D eigenvalue weighted by Gasteiger charge is -2.07. The lowest BCUT2D eigenvalue weighted by atomic mass is 10.1. The molecule has 0 bridgehead atoms. The second kappa shape index (κ2) is 7.07. The first-order valence-electron chi connectivity index (χ1n) is 8.31. The minimum absolute atomic E-state index is 0.0586. The van der Waals surface area contributed by atoms with Crippen LogP contribution in [0, 0.1) is 0 Å². The summed E-state index contributed by atoms with van der Waals surface area (Å²) >= 11 is 0. The number of hydrogen-bond acceptors (Lipinski definition) is 8. The molecule has 4 aromatic rings. The third-order valence-corrected chi connectivity index (χ3v) is 4.24. The average molecular weight is 380 g/mol. The number of methoxy groups -OCH3 is 3. The maximum atomic E-state index is 12.4. The first kappa shape index (κ1) is 17.6. The number of ether oxygens (including phenoxy) is 3. The third kappa shape index (κ3) is 3.05. The van der Waals surface area contributed by atoms with E-state index >= 15 is 0 Å². The zero-order valence-electron chi connectivity index (χ0n) is 15.4. The van der Waals surface area contributed by atoms with E-state index in [0.29, 0.717) is 39.6 Å². The summed E-state index contributed by atoms with van der Waals surface area (Å²) in [5.41, 5.74) is 0.689. The molecule has 2 aromatic carbocycles. The maximum Gasteiger partial charge on any atom is 0.349 e. The maximum absolute atomic E-state index is 12.4. The average Bonchev–Trinajstić information content (AvgIpc) is 3.22. The van der Waals surface area contributed by atoms with E-state index < -0.39 is 5.63 Å². The second-order valence-corrected chi connectivity index (χ2v) is 5.84. The summed E-state index contributed by atoms with van der Waals surface area (Å²) in [4.78, 5) is 16.7. The largest absolute Gasteiger partial charge is 0.497 e. The van der Waals surface area contributed by atoms with Crippen molar-refractivity contribution in [2.24, 2.45) is 0 Å². The number of rotatable bonds is 5. The fourth-order valence-corrected chi connectivity index (χ4v) is 2.80. The van der Waals surface area contributed by atoms with E-state index in [4.69, 9.17) is 23.2 Å². The highest BCUT2D eigenvalue weighted by Gasteiger charge is 2.17. The van der Waals surface area contributed by atoms with Crippen molar-refractivity contribution in [1.82, 2.24) is 10.1 Å². The van der Waals surface area contributed by atoms with Crippen LogP contribution in [0.25, 0.3) is 33.8 Å². The summed E-state index contributed by atoms with van der Waals surface area (Å²) in [7, 11) is 4.66. The van der Waals surface area contributed by atoms with E-state index in [-0.39, 0.29) is 11.5 Å². The summed E-state index contributed by atoms with van der Waals surface area (Å²) in [5.74, 6) is 2.12. The van der Waals surface area contributed by atoms with Gasteiger partial charge in [0.15, 0.2) is 11.5 Å². The lowest BCUT2D eigenvalue weighted by molar-refractivity contribution is 0.355. The highest BCUT2D eigenvalue weighted by atomic mass is 16.5. The van der Waals surface area contributed by atoms with Gasteiger partial charge in [-0.2, -0.15) is 4.98 Å². The summed E-state index contributed by atoms with van der Waals surface area (Å²) in [6, 6.07) is 12.0. The molecule has 0 spiro atoms. The molecule has 2 aromatic heterocycles. The summed E-state index contributed by atoms with van der Waals surface area (Å²) < 4.78 is 26.4. The lowest BCUT2D eigenvalue weighted by Crippen LogP contribution is -2.03. The van der Waals surface area contributed by atoms with Crippen molar-refractivity contribution in [2.75, 3.05) is 21.3 Å². The van der Waals surface area contributed by atoms with Gasteiger partial charge in [0.1, 0.15) is 16.9 Å². The molecule has 0 saturated heterocycles. The Morgan fingerprint density at radius 2 is 1.71 bits per heavy atom. The fraction of sp³-hybridized carbons (Fsp3) is 0.150. The summed E-state index contributed by atoms with van der Waals surface area (Å²) in [6.07, 6.45) is 0. The molecule has 8 nitrogen and oxygen atoms in total. The second-order valence-electron chi connectivity index (χ2n) is 5.84. The molecule has 0 aliphatic rings. The van der Waals surface area contributed by atoms with Gasteiger partial charge in [-0.15, -0.1) is 0 Å². The highest BCUT2D eigenvalue weighted by molar-refractivity contribution is 5.81. The van der Waals surface area contributed by atoms with Gasteiger partial charge in [0, 0.05) is 10.9 Å². The molecule has 0 aliphatic heterocycles. The molecule has 0 fully saturated rings. The predicted molar refractivity (Wildman–Crippen MR) is 101 cm³/mol. The molecule has 0 atom stereocenters. The van der Waals surface area contributed by atoms with Crippen molar-refractivity contribution in [3.05, 3.63) is 52.9 Å². The van der Waals surface area contributed by atoms with E-state index in [1.54, 1.807) is 56.7 Å². The van der Waals surface area contributed by atoms with Crippen molar-refractivity contribution in [2.45, 2.75) is 0 Å².